The first-order valence-corrected chi connectivity index (χ1v) is 11.4. The van der Waals surface area contributed by atoms with Crippen molar-refractivity contribution in [2.75, 3.05) is 72.5 Å². The Hall–Kier alpha value is -0.240. The summed E-state index contributed by atoms with van der Waals surface area (Å²) in [6.07, 6.45) is 4.84. The molecule has 1 rings (SSSR count). The number of rotatable bonds is 18. The topological polar surface area (TPSA) is 52.2 Å². The summed E-state index contributed by atoms with van der Waals surface area (Å²) in [5.74, 6) is 0.755. The van der Waals surface area contributed by atoms with Gasteiger partial charge in [0.05, 0.1) is 46.2 Å². The molecule has 0 radical (unpaired) electrons. The number of hydrogen-bond acceptors (Lipinski definition) is 6. The lowest BCUT2D eigenvalue weighted by molar-refractivity contribution is -0.00492. The molecule has 6 nitrogen and oxygen atoms in total. The average Bonchev–Trinajstić information content (AvgIpc) is 2.65. The third-order valence-corrected chi connectivity index (χ3v) is 4.89. The lowest BCUT2D eigenvalue weighted by Gasteiger charge is -2.33. The van der Waals surface area contributed by atoms with Gasteiger partial charge >= 0.3 is 0 Å². The second-order valence-corrected chi connectivity index (χ2v) is 8.42. The highest BCUT2D eigenvalue weighted by Gasteiger charge is 2.18. The van der Waals surface area contributed by atoms with Crippen LogP contribution in [0, 0.1) is 5.92 Å². The molecule has 28 heavy (non-hydrogen) atoms. The van der Waals surface area contributed by atoms with Crippen molar-refractivity contribution in [2.24, 2.45) is 5.92 Å². The van der Waals surface area contributed by atoms with Gasteiger partial charge in [0.1, 0.15) is 0 Å². The van der Waals surface area contributed by atoms with Gasteiger partial charge in [0.2, 0.25) is 0 Å². The fourth-order valence-electron chi connectivity index (χ4n) is 3.34. The van der Waals surface area contributed by atoms with Crippen molar-refractivity contribution in [3.05, 3.63) is 0 Å². The van der Waals surface area contributed by atoms with Gasteiger partial charge in [-0.2, -0.15) is 0 Å². The molecule has 0 aromatic carbocycles. The van der Waals surface area contributed by atoms with Crippen molar-refractivity contribution in [1.29, 1.82) is 0 Å². The van der Waals surface area contributed by atoms with E-state index in [1.807, 2.05) is 0 Å². The van der Waals surface area contributed by atoms with Gasteiger partial charge in [-0.15, -0.1) is 0 Å². The van der Waals surface area contributed by atoms with Crippen LogP contribution in [0.5, 0.6) is 0 Å². The molecule has 1 fully saturated rings. The Kier molecular flexibility index (Phi) is 16.2. The largest absolute Gasteiger partial charge is 0.379 e. The monoisotopic (exact) mass is 402 g/mol. The Balaban J connectivity index is 1.75. The quantitative estimate of drug-likeness (QED) is 0.356. The summed E-state index contributed by atoms with van der Waals surface area (Å²) in [6, 6.07) is 1.27. The summed E-state index contributed by atoms with van der Waals surface area (Å²) in [6.45, 7) is 17.8. The summed E-state index contributed by atoms with van der Waals surface area (Å²) in [4.78, 5) is 2.50. The second kappa shape index (κ2) is 17.6. The van der Waals surface area contributed by atoms with Gasteiger partial charge in [0.25, 0.3) is 0 Å². The van der Waals surface area contributed by atoms with Gasteiger partial charge in [-0.05, 0) is 44.7 Å². The van der Waals surface area contributed by atoms with E-state index in [0.717, 1.165) is 32.1 Å². The molecule has 1 heterocycles. The van der Waals surface area contributed by atoms with Crippen molar-refractivity contribution >= 4 is 0 Å². The highest BCUT2D eigenvalue weighted by molar-refractivity contribution is 4.78. The summed E-state index contributed by atoms with van der Waals surface area (Å²) in [5, 5.41) is 3.63. The van der Waals surface area contributed by atoms with E-state index in [0.29, 0.717) is 51.7 Å². The minimum Gasteiger partial charge on any atom is -0.379 e. The lowest BCUT2D eigenvalue weighted by atomic mass is 10.0. The first-order chi connectivity index (χ1) is 13.6. The van der Waals surface area contributed by atoms with Crippen LogP contribution < -0.4 is 5.32 Å². The minimum absolute atomic E-state index is 0.582. The Morgan fingerprint density at radius 3 is 1.75 bits per heavy atom. The van der Waals surface area contributed by atoms with Crippen LogP contribution in [-0.2, 0) is 18.9 Å². The molecule has 0 spiro atoms. The van der Waals surface area contributed by atoms with Crippen LogP contribution in [0.1, 0.15) is 53.4 Å². The predicted molar refractivity (Wildman–Crippen MR) is 115 cm³/mol. The third-order valence-electron chi connectivity index (χ3n) is 4.89. The molecule has 168 valence electrons. The number of likely N-dealkylation sites (tertiary alicyclic amines) is 1. The maximum atomic E-state index is 5.68. The minimum atomic E-state index is 0.582. The molecule has 0 unspecified atom stereocenters. The zero-order valence-corrected chi connectivity index (χ0v) is 18.9. The summed E-state index contributed by atoms with van der Waals surface area (Å²) in [5.41, 5.74) is 0. The fraction of sp³-hybridized carbons (Fsp3) is 1.00. The van der Waals surface area contributed by atoms with E-state index in [1.54, 1.807) is 0 Å². The van der Waals surface area contributed by atoms with Gasteiger partial charge in [0, 0.05) is 25.2 Å². The van der Waals surface area contributed by atoms with Crippen LogP contribution >= 0.6 is 0 Å². The highest BCUT2D eigenvalue weighted by atomic mass is 16.6. The van der Waals surface area contributed by atoms with Crippen LogP contribution in [0.2, 0.25) is 0 Å². The number of piperidine rings is 1. The Bertz CT molecular complexity index is 334. The Morgan fingerprint density at radius 2 is 1.25 bits per heavy atom. The van der Waals surface area contributed by atoms with E-state index in [1.165, 1.54) is 32.4 Å². The molecule has 0 atom stereocenters. The third kappa shape index (κ3) is 15.7. The van der Waals surface area contributed by atoms with Crippen LogP contribution in [0.25, 0.3) is 0 Å². The van der Waals surface area contributed by atoms with Gasteiger partial charge in [-0.25, -0.2) is 0 Å². The van der Waals surface area contributed by atoms with Crippen LogP contribution in [-0.4, -0.2) is 89.5 Å². The Morgan fingerprint density at radius 1 is 0.750 bits per heavy atom. The lowest BCUT2D eigenvalue weighted by Crippen LogP contribution is -2.45. The smallest absolute Gasteiger partial charge is 0.0701 e. The first-order valence-electron chi connectivity index (χ1n) is 11.4. The van der Waals surface area contributed by atoms with E-state index in [-0.39, 0.29) is 0 Å². The molecule has 0 aromatic rings. The summed E-state index contributed by atoms with van der Waals surface area (Å²) >= 11 is 0. The van der Waals surface area contributed by atoms with Crippen molar-refractivity contribution in [3.63, 3.8) is 0 Å². The predicted octanol–water partition coefficient (Wildman–Crippen LogP) is 2.95. The molecule has 0 saturated carbocycles. The van der Waals surface area contributed by atoms with E-state index < -0.39 is 0 Å². The molecule has 1 N–H and O–H groups in total. The summed E-state index contributed by atoms with van der Waals surface area (Å²) < 4.78 is 22.3. The molecular formula is C22H46N2O4. The van der Waals surface area contributed by atoms with Crippen LogP contribution in [0.3, 0.4) is 0 Å². The average molecular weight is 403 g/mol. The molecule has 1 aliphatic heterocycles. The number of hydrogen-bond donors (Lipinski definition) is 1. The number of nitrogens with zero attached hydrogens (tertiary/aromatic N) is 1. The van der Waals surface area contributed by atoms with Crippen molar-refractivity contribution in [1.82, 2.24) is 10.2 Å². The zero-order valence-electron chi connectivity index (χ0n) is 18.9. The van der Waals surface area contributed by atoms with Crippen molar-refractivity contribution < 1.29 is 18.9 Å². The van der Waals surface area contributed by atoms with Gasteiger partial charge in [0.15, 0.2) is 0 Å². The maximum Gasteiger partial charge on any atom is 0.0701 e. The van der Waals surface area contributed by atoms with E-state index in [4.69, 9.17) is 18.9 Å². The van der Waals surface area contributed by atoms with E-state index in [9.17, 15) is 0 Å². The molecule has 0 aromatic heterocycles. The molecule has 1 saturated heterocycles. The second-order valence-electron chi connectivity index (χ2n) is 8.42. The van der Waals surface area contributed by atoms with Crippen LogP contribution in [0.15, 0.2) is 0 Å². The molecule has 6 heteroatoms. The highest BCUT2D eigenvalue weighted by Crippen LogP contribution is 2.10. The zero-order chi connectivity index (χ0) is 20.5. The maximum absolute atomic E-state index is 5.68. The van der Waals surface area contributed by atoms with Crippen LogP contribution in [0.4, 0.5) is 0 Å². The number of ether oxygens (including phenoxy) is 4. The normalized spacial score (nSPS) is 16.5. The van der Waals surface area contributed by atoms with Crippen molar-refractivity contribution in [2.45, 2.75) is 65.5 Å². The summed E-state index contributed by atoms with van der Waals surface area (Å²) in [7, 11) is 0. The molecule has 0 bridgehead atoms. The van der Waals surface area contributed by atoms with Gasteiger partial charge in [-0.3, -0.25) is 0 Å². The van der Waals surface area contributed by atoms with E-state index >= 15 is 0 Å². The first kappa shape index (κ1) is 25.8. The molecule has 1 aliphatic rings. The van der Waals surface area contributed by atoms with Gasteiger partial charge < -0.3 is 29.2 Å². The standard InChI is InChI=1S/C22H46N2O4/c1-20(2)6-5-12-25-14-16-27-18-19-28-17-15-26-13-11-24-9-7-22(8-10-24)23-21(3)4/h20-23H,5-19H2,1-4H3. The molecule has 0 amide bonds. The number of nitrogens with one attached hydrogen (secondary N) is 1. The molecular weight excluding hydrogens is 356 g/mol. The van der Waals surface area contributed by atoms with E-state index in [2.05, 4.69) is 37.9 Å². The van der Waals surface area contributed by atoms with Crippen molar-refractivity contribution in [3.8, 4) is 0 Å². The SMILES string of the molecule is CC(C)CCCOCCOCCOCCOCCN1CCC(NC(C)C)CC1. The fourth-order valence-corrected chi connectivity index (χ4v) is 3.34. The van der Waals surface area contributed by atoms with Gasteiger partial charge in [-0.1, -0.05) is 27.7 Å². The Labute approximate surface area is 173 Å². The molecule has 0 aliphatic carbocycles.